The second-order valence-corrected chi connectivity index (χ2v) is 9.38. The molecule has 2 bridgehead atoms. The van der Waals surface area contributed by atoms with Crippen molar-refractivity contribution in [3.8, 4) is 11.4 Å². The van der Waals surface area contributed by atoms with E-state index in [-0.39, 0.29) is 22.9 Å². The molecule has 2 aliphatic heterocycles. The summed E-state index contributed by atoms with van der Waals surface area (Å²) >= 11 is 0. The van der Waals surface area contributed by atoms with Crippen LogP contribution in [0.1, 0.15) is 37.5 Å². The molecular weight excluding hydrogens is 395 g/mol. The minimum Gasteiger partial charge on any atom is -0.339 e. The summed E-state index contributed by atoms with van der Waals surface area (Å²) in [6, 6.07) is 8.41. The Kier molecular flexibility index (Phi) is 4.44. The predicted molar refractivity (Wildman–Crippen MR) is 102 cm³/mol. The third-order valence-corrected chi connectivity index (χ3v) is 7.80. The molecule has 150 valence electrons. The van der Waals surface area contributed by atoms with Gasteiger partial charge in [0.25, 0.3) is 0 Å². The van der Waals surface area contributed by atoms with E-state index >= 15 is 0 Å². The van der Waals surface area contributed by atoms with Crippen LogP contribution in [0.25, 0.3) is 11.4 Å². The van der Waals surface area contributed by atoms with Gasteiger partial charge in [-0.05, 0) is 62.1 Å². The molecule has 0 saturated carbocycles. The highest BCUT2D eigenvalue weighted by molar-refractivity contribution is 7.89. The monoisotopic (exact) mass is 414 g/mol. The lowest BCUT2D eigenvalue weighted by Gasteiger charge is -2.36. The van der Waals surface area contributed by atoms with Gasteiger partial charge in [0.1, 0.15) is 5.82 Å². The molecule has 4 heterocycles. The van der Waals surface area contributed by atoms with E-state index in [0.717, 1.165) is 18.4 Å². The molecule has 3 aromatic rings. The first-order valence-corrected chi connectivity index (χ1v) is 11.0. The normalized spacial score (nSPS) is 24.7. The number of aromatic nitrogens is 3. The number of hydrogen-bond acceptors (Lipinski definition) is 6. The summed E-state index contributed by atoms with van der Waals surface area (Å²) in [5.41, 5.74) is 0.828. The number of fused-ring (bicyclic) bond motifs is 2. The molecule has 5 rings (SSSR count). The molecule has 2 fully saturated rings. The van der Waals surface area contributed by atoms with Gasteiger partial charge in [-0.1, -0.05) is 5.16 Å². The van der Waals surface area contributed by atoms with Crippen LogP contribution in [0.5, 0.6) is 0 Å². The Labute approximate surface area is 167 Å². The Bertz CT molecular complexity index is 1100. The van der Waals surface area contributed by atoms with Crippen molar-refractivity contribution in [2.24, 2.45) is 0 Å². The molecule has 9 heteroatoms. The van der Waals surface area contributed by atoms with E-state index < -0.39 is 15.8 Å². The third kappa shape index (κ3) is 3.24. The molecule has 29 heavy (non-hydrogen) atoms. The van der Waals surface area contributed by atoms with Gasteiger partial charge in [-0.3, -0.25) is 4.98 Å². The Morgan fingerprint density at radius 3 is 2.31 bits per heavy atom. The largest absolute Gasteiger partial charge is 0.339 e. The highest BCUT2D eigenvalue weighted by Gasteiger charge is 2.48. The van der Waals surface area contributed by atoms with Gasteiger partial charge in [0.15, 0.2) is 0 Å². The van der Waals surface area contributed by atoms with E-state index in [9.17, 15) is 12.8 Å². The van der Waals surface area contributed by atoms with Gasteiger partial charge < -0.3 is 4.52 Å². The van der Waals surface area contributed by atoms with Crippen LogP contribution in [-0.2, 0) is 10.0 Å². The topological polar surface area (TPSA) is 89.2 Å². The summed E-state index contributed by atoms with van der Waals surface area (Å²) in [7, 11) is -3.66. The third-order valence-electron chi connectivity index (χ3n) is 5.78. The average Bonchev–Trinajstić information content (AvgIpc) is 3.33. The Morgan fingerprint density at radius 1 is 1.00 bits per heavy atom. The smallest absolute Gasteiger partial charge is 0.243 e. The number of sulfonamides is 1. The van der Waals surface area contributed by atoms with Crippen LogP contribution in [0.3, 0.4) is 0 Å². The maximum absolute atomic E-state index is 13.2. The molecule has 0 aliphatic carbocycles. The van der Waals surface area contributed by atoms with Gasteiger partial charge >= 0.3 is 0 Å². The summed E-state index contributed by atoms with van der Waals surface area (Å²) in [6.07, 6.45) is 6.21. The lowest BCUT2D eigenvalue weighted by atomic mass is 9.92. The Hall–Kier alpha value is -2.65. The highest BCUT2D eigenvalue weighted by atomic mass is 32.2. The maximum Gasteiger partial charge on any atom is 0.243 e. The van der Waals surface area contributed by atoms with Crippen molar-refractivity contribution in [1.82, 2.24) is 19.4 Å². The van der Waals surface area contributed by atoms with Crippen LogP contribution in [-0.4, -0.2) is 39.9 Å². The van der Waals surface area contributed by atoms with E-state index in [1.165, 1.54) is 24.3 Å². The number of pyridine rings is 1. The molecule has 0 N–H and O–H groups in total. The quantitative estimate of drug-likeness (QED) is 0.650. The van der Waals surface area contributed by atoms with E-state index in [0.29, 0.717) is 24.6 Å². The standard InChI is InChI=1S/C20H19FN4O3S/c21-15-1-5-18(6-2-15)29(26,27)25-16-3-4-17(25)12-14(11-16)20-23-19(24-28-20)13-7-9-22-10-8-13/h1-2,5-10,14,16-17H,3-4,11-12H2/t14?,16-,17+. The van der Waals surface area contributed by atoms with Gasteiger partial charge in [0, 0.05) is 36.0 Å². The molecule has 7 nitrogen and oxygen atoms in total. The minimum absolute atomic E-state index is 0.0234. The SMILES string of the molecule is O=S(=O)(c1ccc(F)cc1)N1[C@@H]2CC[C@H]1CC(c1nc(-c3ccncc3)no1)C2. The van der Waals surface area contributed by atoms with Gasteiger partial charge in [0.05, 0.1) is 4.90 Å². The van der Waals surface area contributed by atoms with Crippen molar-refractivity contribution >= 4 is 10.0 Å². The number of halogens is 1. The highest BCUT2D eigenvalue weighted by Crippen LogP contribution is 2.45. The van der Waals surface area contributed by atoms with Crippen molar-refractivity contribution in [2.45, 2.75) is 48.6 Å². The van der Waals surface area contributed by atoms with Crippen molar-refractivity contribution < 1.29 is 17.3 Å². The first kappa shape index (κ1) is 18.4. The minimum atomic E-state index is -3.66. The van der Waals surface area contributed by atoms with Gasteiger partial charge in [-0.15, -0.1) is 0 Å². The first-order valence-electron chi connectivity index (χ1n) is 9.55. The lowest BCUT2D eigenvalue weighted by molar-refractivity contribution is 0.202. The zero-order chi connectivity index (χ0) is 20.0. The van der Waals surface area contributed by atoms with Gasteiger partial charge in [0.2, 0.25) is 21.7 Å². The van der Waals surface area contributed by atoms with Crippen molar-refractivity contribution in [2.75, 3.05) is 0 Å². The zero-order valence-electron chi connectivity index (χ0n) is 15.5. The summed E-state index contributed by atoms with van der Waals surface area (Å²) in [6.45, 7) is 0. The van der Waals surface area contributed by atoms with Crippen LogP contribution in [0.15, 0.2) is 58.2 Å². The van der Waals surface area contributed by atoms with Crippen molar-refractivity contribution in [1.29, 1.82) is 0 Å². The van der Waals surface area contributed by atoms with E-state index in [4.69, 9.17) is 4.52 Å². The number of hydrogen-bond donors (Lipinski definition) is 0. The summed E-state index contributed by atoms with van der Waals surface area (Å²) in [4.78, 5) is 8.66. The fourth-order valence-electron chi connectivity index (χ4n) is 4.48. The van der Waals surface area contributed by atoms with E-state index in [1.807, 2.05) is 12.1 Å². The van der Waals surface area contributed by atoms with Crippen molar-refractivity contribution in [3.05, 3.63) is 60.5 Å². The van der Waals surface area contributed by atoms with Crippen LogP contribution in [0.2, 0.25) is 0 Å². The molecular formula is C20H19FN4O3S. The average molecular weight is 414 g/mol. The number of rotatable bonds is 4. The summed E-state index contributed by atoms with van der Waals surface area (Å²) in [5, 5.41) is 4.07. The Balaban J connectivity index is 1.38. The molecule has 3 atom stereocenters. The molecule has 0 amide bonds. The van der Waals surface area contributed by atoms with Gasteiger partial charge in [-0.25, -0.2) is 12.8 Å². The molecule has 2 aliphatic rings. The molecule has 0 radical (unpaired) electrons. The van der Waals surface area contributed by atoms with Crippen molar-refractivity contribution in [3.63, 3.8) is 0 Å². The molecule has 1 aromatic carbocycles. The fourth-order valence-corrected chi connectivity index (χ4v) is 6.37. The molecule has 2 saturated heterocycles. The van der Waals surface area contributed by atoms with Gasteiger partial charge in [-0.2, -0.15) is 9.29 Å². The second-order valence-electron chi connectivity index (χ2n) is 7.53. The van der Waals surface area contributed by atoms with Crippen LogP contribution in [0.4, 0.5) is 4.39 Å². The fraction of sp³-hybridized carbons (Fsp3) is 0.350. The van der Waals surface area contributed by atoms with Crippen LogP contribution >= 0.6 is 0 Å². The molecule has 1 unspecified atom stereocenters. The first-order chi connectivity index (χ1) is 14.0. The number of benzene rings is 1. The Morgan fingerprint density at radius 2 is 1.66 bits per heavy atom. The molecule has 2 aromatic heterocycles. The number of nitrogens with zero attached hydrogens (tertiary/aromatic N) is 4. The van der Waals surface area contributed by atoms with E-state index in [1.54, 1.807) is 16.7 Å². The van der Waals surface area contributed by atoms with Crippen LogP contribution < -0.4 is 0 Å². The maximum atomic E-state index is 13.2. The summed E-state index contributed by atoms with van der Waals surface area (Å²) < 4.78 is 46.6. The lowest BCUT2D eigenvalue weighted by Crippen LogP contribution is -2.45. The van der Waals surface area contributed by atoms with E-state index in [2.05, 4.69) is 15.1 Å². The molecule has 0 spiro atoms. The second kappa shape index (κ2) is 7.00. The number of piperidine rings is 1. The predicted octanol–water partition coefficient (Wildman–Crippen LogP) is 3.37. The summed E-state index contributed by atoms with van der Waals surface area (Å²) in [5.74, 6) is 0.630. The van der Waals surface area contributed by atoms with Crippen LogP contribution in [0, 0.1) is 5.82 Å². The zero-order valence-corrected chi connectivity index (χ0v) is 16.3.